The van der Waals surface area contributed by atoms with Gasteiger partial charge < -0.3 is 19.5 Å². The molecule has 1 aromatic heterocycles. The number of aryl methyl sites for hydroxylation is 1. The van der Waals surface area contributed by atoms with Crippen molar-refractivity contribution >= 4 is 5.91 Å². The molecule has 1 N–H and O–H groups in total. The van der Waals surface area contributed by atoms with Crippen molar-refractivity contribution in [3.05, 3.63) is 12.2 Å². The van der Waals surface area contributed by atoms with E-state index in [9.17, 15) is 9.90 Å². The van der Waals surface area contributed by atoms with Crippen molar-refractivity contribution < 1.29 is 9.90 Å². The molecule has 1 amide bonds. The molecule has 3 heterocycles. The molecule has 2 fully saturated rings. The van der Waals surface area contributed by atoms with Gasteiger partial charge in [-0.25, -0.2) is 0 Å². The van der Waals surface area contributed by atoms with Gasteiger partial charge in [0, 0.05) is 39.0 Å². The van der Waals surface area contributed by atoms with Crippen LogP contribution in [0.15, 0.2) is 6.33 Å². The maximum atomic E-state index is 11.4. The second-order valence-corrected chi connectivity index (χ2v) is 7.83. The third-order valence-corrected chi connectivity index (χ3v) is 5.87. The van der Waals surface area contributed by atoms with Crippen LogP contribution in [0.1, 0.15) is 45.4 Å². The average molecular weight is 335 g/mol. The summed E-state index contributed by atoms with van der Waals surface area (Å²) in [6.07, 6.45) is 5.15. The highest BCUT2D eigenvalue weighted by atomic mass is 16.3. The summed E-state index contributed by atoms with van der Waals surface area (Å²) >= 11 is 0. The minimum atomic E-state index is -0.662. The van der Waals surface area contributed by atoms with Gasteiger partial charge in [0.15, 0.2) is 0 Å². The monoisotopic (exact) mass is 335 g/mol. The van der Waals surface area contributed by atoms with Gasteiger partial charge in [-0.3, -0.25) is 4.79 Å². The summed E-state index contributed by atoms with van der Waals surface area (Å²) in [5.74, 6) is 1.16. The molecule has 2 saturated heterocycles. The molecule has 0 saturated carbocycles. The van der Waals surface area contributed by atoms with E-state index < -0.39 is 5.60 Å². The quantitative estimate of drug-likeness (QED) is 0.873. The zero-order valence-corrected chi connectivity index (χ0v) is 15.0. The first kappa shape index (κ1) is 17.4. The van der Waals surface area contributed by atoms with Crippen molar-refractivity contribution in [2.24, 2.45) is 7.05 Å². The van der Waals surface area contributed by atoms with Gasteiger partial charge in [0.05, 0.1) is 5.60 Å². The number of amides is 1. The van der Waals surface area contributed by atoms with Crippen molar-refractivity contribution in [1.29, 1.82) is 0 Å². The number of rotatable bonds is 3. The Kier molecular flexibility index (Phi) is 4.66. The average Bonchev–Trinajstić information content (AvgIpc) is 2.97. The third-order valence-electron chi connectivity index (χ3n) is 5.87. The fourth-order valence-electron chi connectivity index (χ4n) is 4.07. The molecular weight excluding hydrogens is 306 g/mol. The fraction of sp³-hybridized carbons (Fsp3) is 0.824. The van der Waals surface area contributed by atoms with Gasteiger partial charge in [-0.1, -0.05) is 6.92 Å². The number of hydrogen-bond donors (Lipinski definition) is 1. The van der Waals surface area contributed by atoms with Crippen LogP contribution in [-0.2, 0) is 17.3 Å². The lowest BCUT2D eigenvalue weighted by Gasteiger charge is -2.44. The summed E-state index contributed by atoms with van der Waals surface area (Å²) in [5, 5.41) is 19.2. The number of nitrogens with zero attached hydrogens (tertiary/aromatic N) is 5. The van der Waals surface area contributed by atoms with E-state index in [-0.39, 0.29) is 11.3 Å². The molecule has 0 unspecified atom stereocenters. The van der Waals surface area contributed by atoms with Crippen LogP contribution in [-0.4, -0.2) is 73.9 Å². The minimum absolute atomic E-state index is 0.0579. The molecule has 2 aliphatic rings. The van der Waals surface area contributed by atoms with E-state index in [1.165, 1.54) is 0 Å². The van der Waals surface area contributed by atoms with Crippen LogP contribution in [0.4, 0.5) is 0 Å². The molecule has 0 radical (unpaired) electrons. The van der Waals surface area contributed by atoms with Crippen LogP contribution in [0, 0.1) is 0 Å². The van der Waals surface area contributed by atoms with Crippen LogP contribution >= 0.6 is 0 Å². The number of hydrogen-bond acceptors (Lipinski definition) is 5. The zero-order valence-electron chi connectivity index (χ0n) is 15.0. The molecule has 0 spiro atoms. The van der Waals surface area contributed by atoms with E-state index in [1.807, 2.05) is 16.5 Å². The van der Waals surface area contributed by atoms with E-state index in [4.69, 9.17) is 0 Å². The SMILES string of the molecule is CC(=O)N1CCC(O)(CN2CCC(C)(c3nncn3C)CC2)CC1. The molecule has 3 rings (SSSR count). The number of piperidine rings is 2. The highest BCUT2D eigenvalue weighted by Gasteiger charge is 2.39. The lowest BCUT2D eigenvalue weighted by atomic mass is 9.79. The van der Waals surface area contributed by atoms with E-state index in [0.717, 1.165) is 31.8 Å². The Morgan fingerprint density at radius 2 is 1.83 bits per heavy atom. The van der Waals surface area contributed by atoms with Crippen molar-refractivity contribution in [3.63, 3.8) is 0 Å². The maximum absolute atomic E-state index is 11.4. The highest BCUT2D eigenvalue weighted by molar-refractivity contribution is 5.73. The fourth-order valence-corrected chi connectivity index (χ4v) is 4.07. The topological polar surface area (TPSA) is 74.5 Å². The molecular formula is C17H29N5O2. The van der Waals surface area contributed by atoms with Crippen LogP contribution < -0.4 is 0 Å². The van der Waals surface area contributed by atoms with E-state index in [0.29, 0.717) is 32.5 Å². The lowest BCUT2D eigenvalue weighted by molar-refractivity contribution is -0.133. The third kappa shape index (κ3) is 3.47. The summed E-state index contributed by atoms with van der Waals surface area (Å²) in [6.45, 7) is 7.81. The Morgan fingerprint density at radius 1 is 1.21 bits per heavy atom. The van der Waals surface area contributed by atoms with E-state index >= 15 is 0 Å². The predicted molar refractivity (Wildman–Crippen MR) is 90.5 cm³/mol. The second kappa shape index (κ2) is 6.44. The summed E-state index contributed by atoms with van der Waals surface area (Å²) < 4.78 is 2.01. The number of carbonyl (C=O) groups is 1. The summed E-state index contributed by atoms with van der Waals surface area (Å²) in [6, 6.07) is 0. The van der Waals surface area contributed by atoms with Crippen LogP contribution in [0.3, 0.4) is 0 Å². The number of aromatic nitrogens is 3. The first-order valence-corrected chi connectivity index (χ1v) is 8.86. The van der Waals surface area contributed by atoms with Crippen molar-refractivity contribution in [1.82, 2.24) is 24.6 Å². The van der Waals surface area contributed by atoms with Crippen LogP contribution in [0.25, 0.3) is 0 Å². The molecule has 0 atom stereocenters. The number of likely N-dealkylation sites (tertiary alicyclic amines) is 2. The highest BCUT2D eigenvalue weighted by Crippen LogP contribution is 2.34. The normalized spacial score (nSPS) is 24.1. The lowest BCUT2D eigenvalue weighted by Crippen LogP contribution is -2.54. The van der Waals surface area contributed by atoms with E-state index in [2.05, 4.69) is 22.0 Å². The van der Waals surface area contributed by atoms with Crippen molar-refractivity contribution in [3.8, 4) is 0 Å². The summed E-state index contributed by atoms with van der Waals surface area (Å²) in [4.78, 5) is 15.6. The molecule has 7 nitrogen and oxygen atoms in total. The smallest absolute Gasteiger partial charge is 0.219 e. The largest absolute Gasteiger partial charge is 0.388 e. The molecule has 7 heteroatoms. The van der Waals surface area contributed by atoms with Crippen LogP contribution in [0.5, 0.6) is 0 Å². The standard InChI is InChI=1S/C17H29N5O2/c1-14(23)22-10-6-17(24,7-11-22)12-21-8-4-16(2,5-9-21)15-19-18-13-20(15)3/h13,24H,4-12H2,1-3H3. The summed E-state index contributed by atoms with van der Waals surface area (Å²) in [5.41, 5.74) is -0.604. The van der Waals surface area contributed by atoms with Gasteiger partial charge in [0.1, 0.15) is 12.2 Å². The number of aliphatic hydroxyl groups is 1. The number of β-amino-alcohol motifs (C(OH)–C–C–N with tert-alkyl or cyclic N) is 1. The number of carbonyl (C=O) groups excluding carboxylic acids is 1. The molecule has 134 valence electrons. The Bertz CT molecular complexity index is 584. The molecule has 2 aliphatic heterocycles. The van der Waals surface area contributed by atoms with Gasteiger partial charge in [-0.2, -0.15) is 0 Å². The Morgan fingerprint density at radius 3 is 2.33 bits per heavy atom. The van der Waals surface area contributed by atoms with Crippen LogP contribution in [0.2, 0.25) is 0 Å². The molecule has 0 aromatic carbocycles. The molecule has 24 heavy (non-hydrogen) atoms. The second-order valence-electron chi connectivity index (χ2n) is 7.83. The summed E-state index contributed by atoms with van der Waals surface area (Å²) in [7, 11) is 2.00. The first-order valence-electron chi connectivity index (χ1n) is 8.86. The molecule has 1 aromatic rings. The van der Waals surface area contributed by atoms with Crippen molar-refractivity contribution in [2.45, 2.75) is 50.5 Å². The van der Waals surface area contributed by atoms with Gasteiger partial charge in [-0.05, 0) is 38.8 Å². The Balaban J connectivity index is 1.54. The Labute approximate surface area is 143 Å². The van der Waals surface area contributed by atoms with Gasteiger partial charge in [-0.15, -0.1) is 10.2 Å². The van der Waals surface area contributed by atoms with Crippen molar-refractivity contribution in [2.75, 3.05) is 32.7 Å². The van der Waals surface area contributed by atoms with E-state index in [1.54, 1.807) is 13.3 Å². The first-order chi connectivity index (χ1) is 11.3. The maximum Gasteiger partial charge on any atom is 0.219 e. The zero-order chi connectivity index (χ0) is 17.4. The van der Waals surface area contributed by atoms with Gasteiger partial charge in [0.25, 0.3) is 0 Å². The molecule has 0 aliphatic carbocycles. The van der Waals surface area contributed by atoms with Gasteiger partial charge >= 0.3 is 0 Å². The minimum Gasteiger partial charge on any atom is -0.388 e. The molecule has 0 bridgehead atoms. The predicted octanol–water partition coefficient (Wildman–Crippen LogP) is 0.542. The van der Waals surface area contributed by atoms with Gasteiger partial charge in [0.2, 0.25) is 5.91 Å². The Hall–Kier alpha value is -1.47.